The maximum Gasteiger partial charge on any atom is 0.218 e. The van der Waals surface area contributed by atoms with Crippen molar-refractivity contribution in [3.05, 3.63) is 12.2 Å². The quantitative estimate of drug-likeness (QED) is 0.681. The van der Waals surface area contributed by atoms with Crippen molar-refractivity contribution >= 4 is 5.78 Å². The summed E-state index contributed by atoms with van der Waals surface area (Å²) in [5.74, 6) is 1.09. The molecule has 2 saturated heterocycles. The maximum absolute atomic E-state index is 12.8. The summed E-state index contributed by atoms with van der Waals surface area (Å²) in [6, 6.07) is 0. The van der Waals surface area contributed by atoms with E-state index >= 15 is 0 Å². The smallest absolute Gasteiger partial charge is 0.218 e. The Kier molecular flexibility index (Phi) is 2.23. The van der Waals surface area contributed by atoms with Gasteiger partial charge in [-0.25, -0.2) is 0 Å². The number of ketones is 1. The molecule has 0 aromatic rings. The monoisotopic (exact) mass is 262 g/mol. The molecule has 0 amide bonds. The Hall–Kier alpha value is -0.670. The van der Waals surface area contributed by atoms with Crippen LogP contribution in [0.25, 0.3) is 0 Å². The van der Waals surface area contributed by atoms with E-state index in [9.17, 15) is 4.79 Å². The van der Waals surface area contributed by atoms with Crippen molar-refractivity contribution in [3.63, 3.8) is 0 Å². The molecule has 0 aromatic heterocycles. The third-order valence-corrected chi connectivity index (χ3v) is 6.30. The molecule has 0 radical (unpaired) electrons. The van der Waals surface area contributed by atoms with Crippen LogP contribution < -0.4 is 0 Å². The molecule has 3 aliphatic carbocycles. The average Bonchev–Trinajstić information content (AvgIpc) is 2.81. The number of Topliss-reactive ketones (excluding diaryl/α,β-unsaturated/α-hetero) is 1. The van der Waals surface area contributed by atoms with Crippen LogP contribution in [0.15, 0.2) is 12.2 Å². The Morgan fingerprint density at radius 3 is 2.74 bits per heavy atom. The molecule has 3 fully saturated rings. The largest absolute Gasteiger partial charge is 0.343 e. The van der Waals surface area contributed by atoms with Crippen molar-refractivity contribution in [2.75, 3.05) is 6.61 Å². The molecular formula is C16H22O3. The van der Waals surface area contributed by atoms with E-state index in [1.54, 1.807) is 0 Å². The molecule has 5 aliphatic rings. The van der Waals surface area contributed by atoms with Crippen LogP contribution in [0.3, 0.4) is 0 Å². The molecule has 0 spiro atoms. The van der Waals surface area contributed by atoms with E-state index in [2.05, 4.69) is 32.9 Å². The average molecular weight is 262 g/mol. The summed E-state index contributed by atoms with van der Waals surface area (Å²) >= 11 is 0. The van der Waals surface area contributed by atoms with Crippen LogP contribution in [0.2, 0.25) is 0 Å². The first-order valence-electron chi connectivity index (χ1n) is 7.49. The minimum Gasteiger partial charge on any atom is -0.343 e. The zero-order chi connectivity index (χ0) is 13.4. The third-order valence-electron chi connectivity index (χ3n) is 6.30. The van der Waals surface area contributed by atoms with Crippen molar-refractivity contribution in [3.8, 4) is 0 Å². The molecule has 2 aliphatic heterocycles. The van der Waals surface area contributed by atoms with Crippen molar-refractivity contribution < 1.29 is 14.3 Å². The highest BCUT2D eigenvalue weighted by atomic mass is 16.7. The molecular weight excluding hydrogens is 240 g/mol. The molecule has 3 nitrogen and oxygen atoms in total. The normalized spacial score (nSPS) is 54.8. The maximum atomic E-state index is 12.8. The van der Waals surface area contributed by atoms with Gasteiger partial charge < -0.3 is 9.47 Å². The summed E-state index contributed by atoms with van der Waals surface area (Å²) in [5.41, 5.74) is 0.147. The fourth-order valence-corrected chi connectivity index (χ4v) is 5.08. The third kappa shape index (κ3) is 1.28. The highest BCUT2D eigenvalue weighted by Crippen LogP contribution is 2.65. The van der Waals surface area contributed by atoms with Crippen LogP contribution in [-0.4, -0.2) is 24.8 Å². The predicted octanol–water partition coefficient (Wildman–Crippen LogP) is 2.56. The van der Waals surface area contributed by atoms with E-state index in [0.29, 0.717) is 18.4 Å². The lowest BCUT2D eigenvalue weighted by molar-refractivity contribution is -0.193. The first kappa shape index (κ1) is 12.1. The summed E-state index contributed by atoms with van der Waals surface area (Å²) in [5, 5.41) is 0. The first-order valence-corrected chi connectivity index (χ1v) is 7.49. The molecule has 0 unspecified atom stereocenters. The van der Waals surface area contributed by atoms with Crippen LogP contribution >= 0.6 is 0 Å². The zero-order valence-corrected chi connectivity index (χ0v) is 11.9. The van der Waals surface area contributed by atoms with Gasteiger partial charge in [-0.3, -0.25) is 4.79 Å². The number of carbonyl (C=O) groups is 1. The van der Waals surface area contributed by atoms with Gasteiger partial charge in [-0.2, -0.15) is 0 Å². The van der Waals surface area contributed by atoms with E-state index in [0.717, 1.165) is 6.42 Å². The van der Waals surface area contributed by atoms with Gasteiger partial charge in [0.05, 0.1) is 12.7 Å². The molecule has 0 N–H and O–H groups in total. The Morgan fingerprint density at radius 1 is 1.32 bits per heavy atom. The summed E-state index contributed by atoms with van der Waals surface area (Å²) in [6.07, 6.45) is 6.54. The lowest BCUT2D eigenvalue weighted by Crippen LogP contribution is -2.62. The lowest BCUT2D eigenvalue weighted by atomic mass is 9.44. The Bertz CT molecular complexity index is 469. The molecule has 6 atom stereocenters. The van der Waals surface area contributed by atoms with Gasteiger partial charge >= 0.3 is 0 Å². The number of rotatable bonds is 1. The van der Waals surface area contributed by atoms with Gasteiger partial charge in [0, 0.05) is 17.3 Å². The lowest BCUT2D eigenvalue weighted by Gasteiger charge is -2.61. The molecule has 104 valence electrons. The number of allylic oxidation sites excluding steroid dienone is 2. The summed E-state index contributed by atoms with van der Waals surface area (Å²) in [4.78, 5) is 12.8. The fourth-order valence-electron chi connectivity index (χ4n) is 5.08. The summed E-state index contributed by atoms with van der Waals surface area (Å²) in [6.45, 7) is 7.39. The van der Waals surface area contributed by atoms with Crippen LogP contribution in [0.5, 0.6) is 0 Å². The number of carbonyl (C=O) groups excluding carboxylic acids is 1. The fraction of sp³-hybridized carbons (Fsp3) is 0.812. The van der Waals surface area contributed by atoms with Crippen LogP contribution in [0, 0.1) is 28.6 Å². The van der Waals surface area contributed by atoms with Crippen LogP contribution in [-0.2, 0) is 14.3 Å². The van der Waals surface area contributed by atoms with Gasteiger partial charge in [-0.1, -0.05) is 32.9 Å². The molecule has 2 heterocycles. The molecule has 0 aromatic carbocycles. The minimum atomic E-state index is -0.585. The van der Waals surface area contributed by atoms with Crippen molar-refractivity contribution in [1.29, 1.82) is 0 Å². The molecule has 4 bridgehead atoms. The van der Waals surface area contributed by atoms with E-state index < -0.39 is 6.29 Å². The second-order valence-corrected chi connectivity index (χ2v) is 7.35. The second kappa shape index (κ2) is 3.50. The molecule has 5 rings (SSSR count). The molecule has 1 saturated carbocycles. The van der Waals surface area contributed by atoms with Gasteiger partial charge in [-0.15, -0.1) is 0 Å². The van der Waals surface area contributed by atoms with E-state index in [-0.39, 0.29) is 28.6 Å². The number of hydrogen-bond donors (Lipinski definition) is 0. The summed E-state index contributed by atoms with van der Waals surface area (Å²) < 4.78 is 11.4. The first-order chi connectivity index (χ1) is 8.98. The Morgan fingerprint density at radius 2 is 2.11 bits per heavy atom. The second-order valence-electron chi connectivity index (χ2n) is 7.35. The van der Waals surface area contributed by atoms with E-state index in [1.807, 2.05) is 0 Å². The van der Waals surface area contributed by atoms with Gasteiger partial charge in [0.2, 0.25) is 6.29 Å². The topological polar surface area (TPSA) is 35.5 Å². The number of ether oxygens (including phenoxy) is 2. The SMILES string of the molecule is CC(C)[C@@]12C=C[C@](C)(CC1)[C@@H]1[C@H]3CO[C@H](O3)C(=O)[C@@H]12. The van der Waals surface area contributed by atoms with Crippen molar-refractivity contribution in [2.45, 2.75) is 46.0 Å². The number of hydrogen-bond acceptors (Lipinski definition) is 3. The molecule has 19 heavy (non-hydrogen) atoms. The molecule has 3 heteroatoms. The zero-order valence-electron chi connectivity index (χ0n) is 11.9. The Balaban J connectivity index is 1.89. The van der Waals surface area contributed by atoms with E-state index in [4.69, 9.17) is 9.47 Å². The van der Waals surface area contributed by atoms with Crippen molar-refractivity contribution in [2.24, 2.45) is 28.6 Å². The highest BCUT2D eigenvalue weighted by Gasteiger charge is 2.66. The van der Waals surface area contributed by atoms with E-state index in [1.165, 1.54) is 6.42 Å². The van der Waals surface area contributed by atoms with Crippen molar-refractivity contribution in [1.82, 2.24) is 0 Å². The predicted molar refractivity (Wildman–Crippen MR) is 70.4 cm³/mol. The minimum absolute atomic E-state index is 0.0352. The standard InChI is InChI=1S/C16H22O3/c1-9(2)16-6-4-15(3,5-7-16)11-10-8-18-14(19-10)13(17)12(11)16/h4,6,9-12,14H,5,7-8H2,1-3H3/t10-,11-,12-,14-,15-,16-/m1/s1. The van der Waals surface area contributed by atoms with Gasteiger partial charge in [0.1, 0.15) is 0 Å². The Labute approximate surface area is 114 Å². The van der Waals surface area contributed by atoms with Gasteiger partial charge in [-0.05, 0) is 24.2 Å². The highest BCUT2D eigenvalue weighted by molar-refractivity contribution is 5.87. The van der Waals surface area contributed by atoms with Crippen LogP contribution in [0.1, 0.15) is 33.6 Å². The van der Waals surface area contributed by atoms with Gasteiger partial charge in [0.15, 0.2) is 5.78 Å². The van der Waals surface area contributed by atoms with Crippen LogP contribution in [0.4, 0.5) is 0 Å². The van der Waals surface area contributed by atoms with Gasteiger partial charge in [0.25, 0.3) is 0 Å². The summed E-state index contributed by atoms with van der Waals surface area (Å²) in [7, 11) is 0. The number of fused-ring (bicyclic) bond motifs is 3.